The molecule has 1 aliphatic rings. The number of rotatable bonds is 6. The lowest BCUT2D eigenvalue weighted by molar-refractivity contribution is -0.126. The quantitative estimate of drug-likeness (QED) is 0.750. The molecule has 0 saturated heterocycles. The van der Waals surface area contributed by atoms with E-state index in [2.05, 4.69) is 15.6 Å². The molecule has 1 fully saturated rings. The van der Waals surface area contributed by atoms with Crippen molar-refractivity contribution >= 4 is 34.3 Å². The van der Waals surface area contributed by atoms with Crippen LogP contribution >= 0.6 is 11.6 Å². The molecule has 1 heterocycles. The summed E-state index contributed by atoms with van der Waals surface area (Å²) in [5, 5.41) is 7.54. The lowest BCUT2D eigenvalue weighted by Crippen LogP contribution is -2.33. The maximum atomic E-state index is 11.9. The third kappa shape index (κ3) is 4.51. The predicted octanol–water partition coefficient (Wildman–Crippen LogP) is 3.28. The van der Waals surface area contributed by atoms with Gasteiger partial charge in [0.25, 0.3) is 0 Å². The first-order valence-electron chi connectivity index (χ1n) is 8.43. The number of aromatic nitrogens is 1. The monoisotopic (exact) mass is 347 g/mol. The van der Waals surface area contributed by atoms with Crippen LogP contribution in [0.3, 0.4) is 0 Å². The number of H-pyrrole nitrogens is 1. The molecule has 2 amide bonds. The van der Waals surface area contributed by atoms with Gasteiger partial charge in [0.1, 0.15) is 0 Å². The second-order valence-corrected chi connectivity index (χ2v) is 6.79. The molecule has 2 aromatic rings. The minimum Gasteiger partial charge on any atom is -0.357 e. The van der Waals surface area contributed by atoms with Gasteiger partial charge in [0.05, 0.1) is 6.54 Å². The van der Waals surface area contributed by atoms with Crippen molar-refractivity contribution in [3.8, 4) is 0 Å². The summed E-state index contributed by atoms with van der Waals surface area (Å²) < 4.78 is 0. The molecule has 0 radical (unpaired) electrons. The molecule has 6 heteroatoms. The minimum atomic E-state index is -0.117. The Bertz CT molecular complexity index is 735. The van der Waals surface area contributed by atoms with E-state index in [0.29, 0.717) is 17.6 Å². The summed E-state index contributed by atoms with van der Waals surface area (Å²) in [6, 6.07) is 7.89. The molecule has 5 nitrogen and oxygen atoms in total. The average molecular weight is 348 g/mol. The van der Waals surface area contributed by atoms with E-state index in [1.807, 2.05) is 24.3 Å². The number of aromatic amines is 1. The van der Waals surface area contributed by atoms with Crippen LogP contribution in [0.15, 0.2) is 24.3 Å². The van der Waals surface area contributed by atoms with Crippen molar-refractivity contribution in [2.75, 3.05) is 0 Å². The number of halogens is 1. The molecule has 1 saturated carbocycles. The molecule has 1 aromatic carbocycles. The number of carbonyl (C=O) groups is 2. The maximum absolute atomic E-state index is 11.9. The summed E-state index contributed by atoms with van der Waals surface area (Å²) in [5.74, 6) is -0.148. The third-order valence-corrected chi connectivity index (χ3v) is 4.65. The van der Waals surface area contributed by atoms with Gasteiger partial charge >= 0.3 is 0 Å². The van der Waals surface area contributed by atoms with E-state index in [-0.39, 0.29) is 24.7 Å². The van der Waals surface area contributed by atoms with Gasteiger partial charge in [0.2, 0.25) is 11.8 Å². The van der Waals surface area contributed by atoms with Crippen LogP contribution in [0.2, 0.25) is 5.02 Å². The van der Waals surface area contributed by atoms with E-state index < -0.39 is 0 Å². The van der Waals surface area contributed by atoms with Crippen LogP contribution in [0, 0.1) is 0 Å². The Labute approximate surface area is 146 Å². The Morgan fingerprint density at radius 2 is 1.88 bits per heavy atom. The molecule has 128 valence electrons. The molecule has 3 rings (SSSR count). The zero-order valence-electron chi connectivity index (χ0n) is 13.5. The van der Waals surface area contributed by atoms with Crippen LogP contribution < -0.4 is 10.6 Å². The predicted molar refractivity (Wildman–Crippen MR) is 94.8 cm³/mol. The van der Waals surface area contributed by atoms with E-state index in [0.717, 1.165) is 29.4 Å². The summed E-state index contributed by atoms with van der Waals surface area (Å²) in [6.07, 6.45) is 4.93. The Morgan fingerprint density at radius 1 is 1.12 bits per heavy atom. The molecule has 24 heavy (non-hydrogen) atoms. The zero-order valence-corrected chi connectivity index (χ0v) is 14.3. The van der Waals surface area contributed by atoms with Gasteiger partial charge in [0, 0.05) is 40.5 Å². The highest BCUT2D eigenvalue weighted by molar-refractivity contribution is 6.31. The number of hydrogen-bond acceptors (Lipinski definition) is 2. The van der Waals surface area contributed by atoms with Crippen LogP contribution in [0.25, 0.3) is 10.9 Å². The lowest BCUT2D eigenvalue weighted by Gasteiger charge is -2.11. The highest BCUT2D eigenvalue weighted by Gasteiger charge is 2.17. The Hall–Kier alpha value is -2.01. The Balaban J connectivity index is 1.42. The highest BCUT2D eigenvalue weighted by Crippen LogP contribution is 2.20. The summed E-state index contributed by atoms with van der Waals surface area (Å²) in [7, 11) is 0. The van der Waals surface area contributed by atoms with Crippen LogP contribution in [0.4, 0.5) is 0 Å². The number of carbonyl (C=O) groups excluding carboxylic acids is 2. The van der Waals surface area contributed by atoms with Crippen molar-refractivity contribution < 1.29 is 9.59 Å². The van der Waals surface area contributed by atoms with Crippen molar-refractivity contribution in [2.45, 2.75) is 51.1 Å². The van der Waals surface area contributed by atoms with Gasteiger partial charge in [-0.3, -0.25) is 9.59 Å². The van der Waals surface area contributed by atoms with E-state index >= 15 is 0 Å². The fourth-order valence-corrected chi connectivity index (χ4v) is 3.32. The van der Waals surface area contributed by atoms with Gasteiger partial charge in [-0.15, -0.1) is 0 Å². The Kier molecular flexibility index (Phi) is 5.41. The minimum absolute atomic E-state index is 0.0303. The largest absolute Gasteiger partial charge is 0.357 e. The number of benzene rings is 1. The van der Waals surface area contributed by atoms with Crippen molar-refractivity contribution in [3.63, 3.8) is 0 Å². The van der Waals surface area contributed by atoms with Crippen molar-refractivity contribution in [1.82, 2.24) is 15.6 Å². The second kappa shape index (κ2) is 7.71. The third-order valence-electron chi connectivity index (χ3n) is 4.41. The number of amides is 2. The summed E-state index contributed by atoms with van der Waals surface area (Å²) in [5.41, 5.74) is 1.90. The van der Waals surface area contributed by atoms with Crippen molar-refractivity contribution in [1.29, 1.82) is 0 Å². The van der Waals surface area contributed by atoms with Gasteiger partial charge in [-0.05, 0) is 37.1 Å². The van der Waals surface area contributed by atoms with Crippen LogP contribution in [-0.2, 0) is 16.1 Å². The van der Waals surface area contributed by atoms with Gasteiger partial charge in [-0.1, -0.05) is 24.4 Å². The summed E-state index contributed by atoms with van der Waals surface area (Å²) in [4.78, 5) is 27.0. The molecule has 1 aliphatic carbocycles. The van der Waals surface area contributed by atoms with E-state index in [4.69, 9.17) is 11.6 Å². The van der Waals surface area contributed by atoms with E-state index in [9.17, 15) is 9.59 Å². The Morgan fingerprint density at radius 3 is 2.67 bits per heavy atom. The molecule has 0 bridgehead atoms. The average Bonchev–Trinajstić information content (AvgIpc) is 3.19. The SMILES string of the molecule is O=C(CCC(=O)NC1CCCC1)NCc1cc2cc(Cl)ccc2[nH]1. The van der Waals surface area contributed by atoms with Crippen LogP contribution in [0.5, 0.6) is 0 Å². The van der Waals surface area contributed by atoms with Crippen molar-refractivity contribution in [2.24, 2.45) is 0 Å². The van der Waals surface area contributed by atoms with Crippen LogP contribution in [0.1, 0.15) is 44.2 Å². The number of hydrogen-bond donors (Lipinski definition) is 3. The molecule has 3 N–H and O–H groups in total. The standard InChI is InChI=1S/C18H22ClN3O2/c19-13-5-6-16-12(9-13)10-15(21-16)11-20-17(23)7-8-18(24)22-14-3-1-2-4-14/h5-6,9-10,14,21H,1-4,7-8,11H2,(H,20,23)(H,22,24). The van der Waals surface area contributed by atoms with Crippen LogP contribution in [-0.4, -0.2) is 22.8 Å². The van der Waals surface area contributed by atoms with Gasteiger partial charge in [-0.25, -0.2) is 0 Å². The fraction of sp³-hybridized carbons (Fsp3) is 0.444. The molecule has 0 spiro atoms. The smallest absolute Gasteiger partial charge is 0.220 e. The summed E-state index contributed by atoms with van der Waals surface area (Å²) >= 11 is 5.97. The van der Waals surface area contributed by atoms with Gasteiger partial charge in [0.15, 0.2) is 0 Å². The zero-order chi connectivity index (χ0) is 16.9. The molecule has 0 unspecified atom stereocenters. The normalized spacial score (nSPS) is 14.9. The first-order chi connectivity index (χ1) is 11.6. The molecular weight excluding hydrogens is 326 g/mol. The number of fused-ring (bicyclic) bond motifs is 1. The fourth-order valence-electron chi connectivity index (χ4n) is 3.14. The van der Waals surface area contributed by atoms with Gasteiger partial charge in [-0.2, -0.15) is 0 Å². The van der Waals surface area contributed by atoms with Crippen molar-refractivity contribution in [3.05, 3.63) is 35.0 Å². The second-order valence-electron chi connectivity index (χ2n) is 6.35. The van der Waals surface area contributed by atoms with E-state index in [1.165, 1.54) is 12.8 Å². The topological polar surface area (TPSA) is 74.0 Å². The molecule has 0 aliphatic heterocycles. The number of nitrogens with one attached hydrogen (secondary N) is 3. The van der Waals surface area contributed by atoms with E-state index in [1.54, 1.807) is 0 Å². The molecule has 0 atom stereocenters. The molecule has 1 aromatic heterocycles. The highest BCUT2D eigenvalue weighted by atomic mass is 35.5. The van der Waals surface area contributed by atoms with Gasteiger partial charge < -0.3 is 15.6 Å². The first kappa shape index (κ1) is 16.8. The first-order valence-corrected chi connectivity index (χ1v) is 8.81. The maximum Gasteiger partial charge on any atom is 0.220 e. The lowest BCUT2D eigenvalue weighted by atomic mass is 10.2. The molecular formula is C18H22ClN3O2. The summed E-state index contributed by atoms with van der Waals surface area (Å²) in [6.45, 7) is 0.412.